The first-order valence-corrected chi connectivity index (χ1v) is 4.67. The molecule has 1 amide bonds. The van der Waals surface area contributed by atoms with E-state index in [1.54, 1.807) is 6.92 Å². The molecule has 2 unspecified atom stereocenters. The Bertz CT molecular complexity index is 161. The third-order valence-electron chi connectivity index (χ3n) is 1.74. The number of hydrogen-bond acceptors (Lipinski definition) is 4. The quantitative estimate of drug-likeness (QED) is 0.512. The summed E-state index contributed by atoms with van der Waals surface area (Å²) in [5.41, 5.74) is 0. The van der Waals surface area contributed by atoms with E-state index in [1.165, 1.54) is 7.11 Å². The van der Waals surface area contributed by atoms with E-state index in [-0.39, 0.29) is 31.6 Å². The highest BCUT2D eigenvalue weighted by Crippen LogP contribution is 1.96. The van der Waals surface area contributed by atoms with Gasteiger partial charge < -0.3 is 20.3 Å². The minimum atomic E-state index is -0.476. The molecule has 0 bridgehead atoms. The van der Waals surface area contributed by atoms with Crippen LogP contribution in [0, 0.1) is 0 Å². The summed E-state index contributed by atoms with van der Waals surface area (Å²) in [5, 5.41) is 20.4. The number of nitrogens with one attached hydrogen (secondary N) is 1. The van der Waals surface area contributed by atoms with Crippen LogP contribution in [0.3, 0.4) is 0 Å². The lowest BCUT2D eigenvalue weighted by Gasteiger charge is -2.15. The summed E-state index contributed by atoms with van der Waals surface area (Å²) >= 11 is 0. The highest BCUT2D eigenvalue weighted by Gasteiger charge is 2.11. The average molecular weight is 205 g/mol. The Morgan fingerprint density at radius 1 is 1.57 bits per heavy atom. The molecule has 0 heterocycles. The maximum absolute atomic E-state index is 11.2. The normalized spacial score (nSPS) is 14.9. The van der Waals surface area contributed by atoms with Gasteiger partial charge in [0, 0.05) is 13.5 Å². The van der Waals surface area contributed by atoms with Gasteiger partial charge in [-0.1, -0.05) is 0 Å². The van der Waals surface area contributed by atoms with Crippen LogP contribution >= 0.6 is 0 Å². The van der Waals surface area contributed by atoms with Crippen LogP contribution in [0.15, 0.2) is 0 Å². The third kappa shape index (κ3) is 6.82. The van der Waals surface area contributed by atoms with Crippen LogP contribution in [0.1, 0.15) is 19.8 Å². The molecule has 0 aliphatic carbocycles. The van der Waals surface area contributed by atoms with Crippen molar-refractivity contribution in [1.82, 2.24) is 5.32 Å². The van der Waals surface area contributed by atoms with E-state index in [9.17, 15) is 4.79 Å². The summed E-state index contributed by atoms with van der Waals surface area (Å²) in [6.45, 7) is 1.77. The van der Waals surface area contributed by atoms with E-state index >= 15 is 0 Å². The third-order valence-corrected chi connectivity index (χ3v) is 1.74. The zero-order valence-electron chi connectivity index (χ0n) is 8.69. The number of carbonyl (C=O) groups excluding carboxylic acids is 1. The highest BCUT2D eigenvalue weighted by molar-refractivity contribution is 5.76. The Morgan fingerprint density at radius 3 is 2.64 bits per heavy atom. The largest absolute Gasteiger partial charge is 0.394 e. The predicted octanol–water partition coefficient (Wildman–Crippen LogP) is -0.729. The molecule has 0 radical (unpaired) electrons. The standard InChI is InChI=1S/C9H19NO4/c1-7(12)3-4-9(13)10-8(5-11)6-14-2/h7-8,11-12H,3-6H2,1-2H3,(H,10,13). The van der Waals surface area contributed by atoms with E-state index in [0.717, 1.165) is 0 Å². The van der Waals surface area contributed by atoms with E-state index < -0.39 is 6.10 Å². The van der Waals surface area contributed by atoms with Crippen molar-refractivity contribution in [2.24, 2.45) is 0 Å². The van der Waals surface area contributed by atoms with Gasteiger partial charge in [-0.05, 0) is 13.3 Å². The molecule has 5 heteroatoms. The number of aliphatic hydroxyl groups excluding tert-OH is 2. The number of hydrogen-bond donors (Lipinski definition) is 3. The first-order chi connectivity index (χ1) is 6.60. The Hall–Kier alpha value is -0.650. The van der Waals surface area contributed by atoms with Crippen LogP contribution in [-0.4, -0.2) is 48.6 Å². The van der Waals surface area contributed by atoms with Gasteiger partial charge >= 0.3 is 0 Å². The monoisotopic (exact) mass is 205 g/mol. The summed E-state index contributed by atoms with van der Waals surface area (Å²) in [5.74, 6) is -0.179. The van der Waals surface area contributed by atoms with Crippen LogP contribution in [0.25, 0.3) is 0 Å². The maximum Gasteiger partial charge on any atom is 0.220 e. The minimum Gasteiger partial charge on any atom is -0.394 e. The Labute approximate surface area is 84.1 Å². The SMILES string of the molecule is COCC(CO)NC(=O)CCC(C)O. The molecule has 0 spiro atoms. The molecule has 2 atom stereocenters. The number of carbonyl (C=O) groups is 1. The van der Waals surface area contributed by atoms with E-state index in [1.807, 2.05) is 0 Å². The van der Waals surface area contributed by atoms with Gasteiger partial charge in [0.15, 0.2) is 0 Å². The maximum atomic E-state index is 11.2. The van der Waals surface area contributed by atoms with Gasteiger partial charge in [0.1, 0.15) is 0 Å². The molecule has 0 fully saturated rings. The van der Waals surface area contributed by atoms with Crippen molar-refractivity contribution in [2.75, 3.05) is 20.3 Å². The molecule has 0 aliphatic heterocycles. The topological polar surface area (TPSA) is 78.8 Å². The van der Waals surface area contributed by atoms with Crippen LogP contribution in [0.4, 0.5) is 0 Å². The molecule has 0 aromatic carbocycles. The first-order valence-electron chi connectivity index (χ1n) is 4.67. The number of aliphatic hydroxyl groups is 2. The van der Waals surface area contributed by atoms with Gasteiger partial charge in [-0.3, -0.25) is 4.79 Å². The molecule has 14 heavy (non-hydrogen) atoms. The molecule has 0 saturated heterocycles. The number of methoxy groups -OCH3 is 1. The molecule has 0 rings (SSSR count). The second kappa shape index (κ2) is 7.73. The van der Waals surface area contributed by atoms with Crippen molar-refractivity contribution in [3.8, 4) is 0 Å². The molecule has 0 aromatic rings. The number of ether oxygens (including phenoxy) is 1. The van der Waals surface area contributed by atoms with E-state index in [4.69, 9.17) is 14.9 Å². The van der Waals surface area contributed by atoms with Crippen molar-refractivity contribution in [1.29, 1.82) is 0 Å². The smallest absolute Gasteiger partial charge is 0.220 e. The number of amides is 1. The van der Waals surface area contributed by atoms with Crippen molar-refractivity contribution in [3.05, 3.63) is 0 Å². The molecule has 0 saturated carbocycles. The molecule has 84 valence electrons. The molecule has 5 nitrogen and oxygen atoms in total. The van der Waals surface area contributed by atoms with Crippen LogP contribution in [0.2, 0.25) is 0 Å². The predicted molar refractivity (Wildman–Crippen MR) is 51.8 cm³/mol. The van der Waals surface area contributed by atoms with Gasteiger partial charge in [0.05, 0.1) is 25.4 Å². The molecule has 3 N–H and O–H groups in total. The summed E-state index contributed by atoms with van der Waals surface area (Å²) in [7, 11) is 1.50. The second-order valence-corrected chi connectivity index (χ2v) is 3.29. The van der Waals surface area contributed by atoms with E-state index in [2.05, 4.69) is 5.32 Å². The summed E-state index contributed by atoms with van der Waals surface area (Å²) in [6, 6.07) is -0.360. The minimum absolute atomic E-state index is 0.145. The lowest BCUT2D eigenvalue weighted by Crippen LogP contribution is -2.40. The lowest BCUT2D eigenvalue weighted by atomic mass is 10.2. The molecular formula is C9H19NO4. The summed E-state index contributed by atoms with van der Waals surface area (Å²) in [6.07, 6.45) is 0.213. The fourth-order valence-electron chi connectivity index (χ4n) is 0.981. The zero-order chi connectivity index (χ0) is 11.0. The van der Waals surface area contributed by atoms with E-state index in [0.29, 0.717) is 6.42 Å². The van der Waals surface area contributed by atoms with Crippen LogP contribution in [-0.2, 0) is 9.53 Å². The lowest BCUT2D eigenvalue weighted by molar-refractivity contribution is -0.123. The fourth-order valence-corrected chi connectivity index (χ4v) is 0.981. The number of rotatable bonds is 7. The highest BCUT2D eigenvalue weighted by atomic mass is 16.5. The van der Waals surface area contributed by atoms with Gasteiger partial charge in [0.2, 0.25) is 5.91 Å². The van der Waals surface area contributed by atoms with Crippen molar-refractivity contribution >= 4 is 5.91 Å². The van der Waals surface area contributed by atoms with Gasteiger partial charge in [-0.15, -0.1) is 0 Å². The van der Waals surface area contributed by atoms with Gasteiger partial charge in [-0.2, -0.15) is 0 Å². The van der Waals surface area contributed by atoms with Crippen molar-refractivity contribution in [2.45, 2.75) is 31.9 Å². The fraction of sp³-hybridized carbons (Fsp3) is 0.889. The zero-order valence-corrected chi connectivity index (χ0v) is 8.69. The molecule has 0 aliphatic rings. The molecule has 0 aromatic heterocycles. The van der Waals surface area contributed by atoms with Crippen LogP contribution < -0.4 is 5.32 Å². The van der Waals surface area contributed by atoms with Crippen molar-refractivity contribution < 1.29 is 19.7 Å². The van der Waals surface area contributed by atoms with Crippen LogP contribution in [0.5, 0.6) is 0 Å². The van der Waals surface area contributed by atoms with Crippen molar-refractivity contribution in [3.63, 3.8) is 0 Å². The molecular weight excluding hydrogens is 186 g/mol. The first kappa shape index (κ1) is 13.4. The summed E-state index contributed by atoms with van der Waals surface area (Å²) in [4.78, 5) is 11.2. The van der Waals surface area contributed by atoms with Gasteiger partial charge in [-0.25, -0.2) is 0 Å². The van der Waals surface area contributed by atoms with Gasteiger partial charge in [0.25, 0.3) is 0 Å². The average Bonchev–Trinajstić information content (AvgIpc) is 2.14. The second-order valence-electron chi connectivity index (χ2n) is 3.29. The Balaban J connectivity index is 3.67. The Morgan fingerprint density at radius 2 is 2.21 bits per heavy atom. The Kier molecular flexibility index (Phi) is 7.37. The summed E-state index contributed by atoms with van der Waals surface area (Å²) < 4.78 is 4.80.